The molecule has 1 atom stereocenters. The minimum absolute atomic E-state index is 0.295. The topological polar surface area (TPSA) is 32.7 Å². The third-order valence-electron chi connectivity index (χ3n) is 4.23. The van der Waals surface area contributed by atoms with Crippen molar-refractivity contribution in [3.8, 4) is 5.75 Å². The maximum atomic E-state index is 9.27. The summed E-state index contributed by atoms with van der Waals surface area (Å²) in [6, 6.07) is 12.6. The van der Waals surface area contributed by atoms with Crippen molar-refractivity contribution in [3.63, 3.8) is 0 Å². The molecular formula is C17H21NO2. The van der Waals surface area contributed by atoms with E-state index in [-0.39, 0.29) is 0 Å². The van der Waals surface area contributed by atoms with Gasteiger partial charge in [0.1, 0.15) is 5.75 Å². The summed E-state index contributed by atoms with van der Waals surface area (Å²) < 4.78 is 5.54. The summed E-state index contributed by atoms with van der Waals surface area (Å²) in [5, 5.41) is 11.8. The summed E-state index contributed by atoms with van der Waals surface area (Å²) in [6.07, 6.45) is 1.09. The lowest BCUT2D eigenvalue weighted by molar-refractivity contribution is 0.219. The van der Waals surface area contributed by atoms with Crippen molar-refractivity contribution in [2.45, 2.75) is 13.0 Å². The van der Waals surface area contributed by atoms with E-state index in [1.54, 1.807) is 7.11 Å². The number of aliphatic hydroxyl groups excluding tert-OH is 1. The van der Waals surface area contributed by atoms with Gasteiger partial charge in [-0.2, -0.15) is 0 Å². The van der Waals surface area contributed by atoms with Crippen LogP contribution in [0.3, 0.4) is 0 Å². The number of hydrogen-bond acceptors (Lipinski definition) is 3. The molecule has 0 radical (unpaired) electrons. The van der Waals surface area contributed by atoms with Crippen molar-refractivity contribution in [2.24, 2.45) is 5.92 Å². The first-order chi connectivity index (χ1) is 9.81. The highest BCUT2D eigenvalue weighted by Crippen LogP contribution is 2.30. The second-order valence-corrected chi connectivity index (χ2v) is 5.54. The molecule has 0 aromatic heterocycles. The number of aliphatic hydroxyl groups is 1. The highest BCUT2D eigenvalue weighted by molar-refractivity contribution is 5.87. The van der Waals surface area contributed by atoms with Crippen LogP contribution in [-0.2, 0) is 6.54 Å². The Kier molecular flexibility index (Phi) is 3.90. The fraction of sp³-hybridized carbons (Fsp3) is 0.412. The second kappa shape index (κ2) is 5.81. The van der Waals surface area contributed by atoms with Gasteiger partial charge in [-0.05, 0) is 35.7 Å². The molecule has 0 aliphatic carbocycles. The molecule has 1 saturated heterocycles. The first-order valence-corrected chi connectivity index (χ1v) is 7.19. The zero-order chi connectivity index (χ0) is 13.9. The van der Waals surface area contributed by atoms with Crippen molar-refractivity contribution < 1.29 is 9.84 Å². The predicted octanol–water partition coefficient (Wildman–Crippen LogP) is 2.66. The lowest BCUT2D eigenvalue weighted by Gasteiger charge is -2.19. The molecule has 106 valence electrons. The maximum absolute atomic E-state index is 9.27. The summed E-state index contributed by atoms with van der Waals surface area (Å²) in [4.78, 5) is 2.41. The third kappa shape index (κ3) is 2.51. The van der Waals surface area contributed by atoms with E-state index >= 15 is 0 Å². The molecule has 1 fully saturated rings. The van der Waals surface area contributed by atoms with E-state index in [9.17, 15) is 5.11 Å². The fourth-order valence-corrected chi connectivity index (χ4v) is 3.10. The van der Waals surface area contributed by atoms with Gasteiger partial charge < -0.3 is 9.84 Å². The Morgan fingerprint density at radius 3 is 2.85 bits per heavy atom. The Bertz CT molecular complexity index is 597. The number of fused-ring (bicyclic) bond motifs is 1. The van der Waals surface area contributed by atoms with Gasteiger partial charge in [0.05, 0.1) is 7.11 Å². The van der Waals surface area contributed by atoms with Crippen molar-refractivity contribution >= 4 is 10.8 Å². The van der Waals surface area contributed by atoms with Crippen LogP contribution < -0.4 is 4.74 Å². The average molecular weight is 271 g/mol. The predicted molar refractivity (Wildman–Crippen MR) is 81.0 cm³/mol. The molecule has 1 N–H and O–H groups in total. The number of likely N-dealkylation sites (tertiary alicyclic amines) is 1. The number of rotatable bonds is 4. The minimum atomic E-state index is 0.295. The van der Waals surface area contributed by atoms with Gasteiger partial charge in [0.25, 0.3) is 0 Å². The van der Waals surface area contributed by atoms with Gasteiger partial charge in [-0.1, -0.05) is 30.3 Å². The number of ether oxygens (including phenoxy) is 1. The van der Waals surface area contributed by atoms with E-state index in [0.29, 0.717) is 12.5 Å². The van der Waals surface area contributed by atoms with Crippen molar-refractivity contribution in [1.29, 1.82) is 0 Å². The van der Waals surface area contributed by atoms with Crippen molar-refractivity contribution in [2.75, 3.05) is 26.8 Å². The summed E-state index contributed by atoms with van der Waals surface area (Å²) in [5.41, 5.74) is 1.25. The van der Waals surface area contributed by atoms with Crippen molar-refractivity contribution in [1.82, 2.24) is 4.90 Å². The van der Waals surface area contributed by atoms with Crippen LogP contribution in [0.4, 0.5) is 0 Å². The number of benzene rings is 2. The molecule has 1 unspecified atom stereocenters. The van der Waals surface area contributed by atoms with E-state index in [1.807, 2.05) is 0 Å². The Morgan fingerprint density at radius 2 is 2.10 bits per heavy atom. The summed E-state index contributed by atoms with van der Waals surface area (Å²) >= 11 is 0. The van der Waals surface area contributed by atoms with Crippen LogP contribution in [-0.4, -0.2) is 36.8 Å². The fourth-order valence-electron chi connectivity index (χ4n) is 3.10. The molecule has 0 spiro atoms. The minimum Gasteiger partial charge on any atom is -0.496 e. The number of hydrogen-bond donors (Lipinski definition) is 1. The molecule has 3 nitrogen and oxygen atoms in total. The average Bonchev–Trinajstić information content (AvgIpc) is 2.95. The maximum Gasteiger partial charge on any atom is 0.123 e. The zero-order valence-corrected chi connectivity index (χ0v) is 11.9. The normalized spacial score (nSPS) is 19.6. The van der Waals surface area contributed by atoms with Crippen LogP contribution in [0.2, 0.25) is 0 Å². The monoisotopic (exact) mass is 271 g/mol. The summed E-state index contributed by atoms with van der Waals surface area (Å²) in [6.45, 7) is 3.21. The van der Waals surface area contributed by atoms with E-state index in [1.165, 1.54) is 16.3 Å². The Balaban J connectivity index is 1.93. The first kappa shape index (κ1) is 13.4. The largest absolute Gasteiger partial charge is 0.496 e. The smallest absolute Gasteiger partial charge is 0.123 e. The zero-order valence-electron chi connectivity index (χ0n) is 11.9. The second-order valence-electron chi connectivity index (χ2n) is 5.54. The summed E-state index contributed by atoms with van der Waals surface area (Å²) in [5.74, 6) is 1.38. The van der Waals surface area contributed by atoms with Crippen LogP contribution in [0.1, 0.15) is 12.0 Å². The molecule has 0 bridgehead atoms. The van der Waals surface area contributed by atoms with Gasteiger partial charge in [-0.15, -0.1) is 0 Å². The van der Waals surface area contributed by atoms with Crippen LogP contribution in [0, 0.1) is 5.92 Å². The van der Waals surface area contributed by atoms with Crippen LogP contribution in [0.15, 0.2) is 36.4 Å². The van der Waals surface area contributed by atoms with E-state index in [2.05, 4.69) is 41.3 Å². The van der Waals surface area contributed by atoms with Crippen molar-refractivity contribution in [3.05, 3.63) is 42.0 Å². The molecule has 1 heterocycles. The molecule has 20 heavy (non-hydrogen) atoms. The molecular weight excluding hydrogens is 250 g/mol. The Labute approximate surface area is 119 Å². The number of nitrogens with zero attached hydrogens (tertiary/aromatic N) is 1. The van der Waals surface area contributed by atoms with Gasteiger partial charge in [0.15, 0.2) is 0 Å². The van der Waals surface area contributed by atoms with Crippen LogP contribution >= 0.6 is 0 Å². The molecule has 3 heteroatoms. The van der Waals surface area contributed by atoms with Crippen LogP contribution in [0.5, 0.6) is 5.75 Å². The first-order valence-electron chi connectivity index (χ1n) is 7.19. The van der Waals surface area contributed by atoms with E-state index < -0.39 is 0 Å². The van der Waals surface area contributed by atoms with Gasteiger partial charge in [0.2, 0.25) is 0 Å². The molecule has 2 aromatic carbocycles. The van der Waals surface area contributed by atoms with Gasteiger partial charge in [-0.25, -0.2) is 0 Å². The van der Waals surface area contributed by atoms with E-state index in [4.69, 9.17) is 4.74 Å². The highest BCUT2D eigenvalue weighted by atomic mass is 16.5. The van der Waals surface area contributed by atoms with E-state index in [0.717, 1.165) is 31.8 Å². The lowest BCUT2D eigenvalue weighted by Crippen LogP contribution is -2.21. The highest BCUT2D eigenvalue weighted by Gasteiger charge is 2.23. The molecule has 0 saturated carbocycles. The van der Waals surface area contributed by atoms with Crippen LogP contribution in [0.25, 0.3) is 10.8 Å². The van der Waals surface area contributed by atoms with Gasteiger partial charge in [-0.3, -0.25) is 4.90 Å². The standard InChI is InChI=1S/C17H21NO2/c1-20-17-7-6-14-4-2-3-5-15(14)16(17)11-18-9-8-13(10-18)12-19/h2-7,13,19H,8-12H2,1H3. The molecule has 2 aromatic rings. The number of methoxy groups -OCH3 is 1. The molecule has 1 aliphatic heterocycles. The molecule has 3 rings (SSSR count). The quantitative estimate of drug-likeness (QED) is 0.928. The third-order valence-corrected chi connectivity index (χ3v) is 4.23. The SMILES string of the molecule is COc1ccc2ccccc2c1CN1CCC(CO)C1. The Morgan fingerprint density at radius 1 is 1.25 bits per heavy atom. The Hall–Kier alpha value is -1.58. The van der Waals surface area contributed by atoms with Gasteiger partial charge >= 0.3 is 0 Å². The lowest BCUT2D eigenvalue weighted by atomic mass is 10.0. The molecule has 0 amide bonds. The summed E-state index contributed by atoms with van der Waals surface area (Å²) in [7, 11) is 1.73. The molecule has 1 aliphatic rings. The van der Waals surface area contributed by atoms with Gasteiger partial charge in [0, 0.05) is 25.3 Å².